The molecule has 0 aliphatic carbocycles. The summed E-state index contributed by atoms with van der Waals surface area (Å²) in [4.78, 5) is 13.9. The largest absolute Gasteiger partial charge is 0.342 e. The van der Waals surface area contributed by atoms with Crippen LogP contribution in [0.5, 0.6) is 0 Å². The molecule has 0 saturated carbocycles. The fourth-order valence-electron chi connectivity index (χ4n) is 2.65. The van der Waals surface area contributed by atoms with Gasteiger partial charge in [0.1, 0.15) is 6.54 Å². The Morgan fingerprint density at radius 3 is 2.95 bits per heavy atom. The van der Waals surface area contributed by atoms with Crippen molar-refractivity contribution in [3.63, 3.8) is 0 Å². The summed E-state index contributed by atoms with van der Waals surface area (Å²) in [7, 11) is 0. The van der Waals surface area contributed by atoms with Gasteiger partial charge in [-0.3, -0.25) is 9.69 Å². The third-order valence-corrected chi connectivity index (χ3v) is 3.67. The molecule has 112 valence electrons. The summed E-state index contributed by atoms with van der Waals surface area (Å²) in [6, 6.07) is 12.7. The number of likely N-dealkylation sites (tertiary alicyclic amines) is 1. The molecule has 5 heteroatoms. The Morgan fingerprint density at radius 1 is 1.38 bits per heavy atom. The van der Waals surface area contributed by atoms with Crippen molar-refractivity contribution >= 4 is 5.91 Å². The second kappa shape index (κ2) is 8.40. The van der Waals surface area contributed by atoms with Crippen molar-refractivity contribution in [3.05, 3.63) is 35.9 Å². The molecular weight excluding hydrogens is 264 g/mol. The van der Waals surface area contributed by atoms with Gasteiger partial charge in [0.05, 0.1) is 12.6 Å². The van der Waals surface area contributed by atoms with Crippen LogP contribution in [0.4, 0.5) is 0 Å². The molecule has 1 aromatic rings. The molecule has 1 heterocycles. The molecule has 0 aromatic heterocycles. The number of nitrogens with zero attached hydrogens (tertiary/aromatic N) is 2. The fraction of sp³-hybridized carbons (Fsp3) is 0.500. The molecule has 21 heavy (non-hydrogen) atoms. The quantitative estimate of drug-likeness (QED) is 0.762. The maximum atomic E-state index is 11.5. The maximum absolute atomic E-state index is 11.5. The minimum Gasteiger partial charge on any atom is -0.342 e. The van der Waals surface area contributed by atoms with Crippen molar-refractivity contribution in [2.45, 2.75) is 25.4 Å². The first-order valence-electron chi connectivity index (χ1n) is 7.41. The van der Waals surface area contributed by atoms with Crippen LogP contribution in [-0.2, 0) is 11.3 Å². The van der Waals surface area contributed by atoms with Gasteiger partial charge < -0.3 is 10.6 Å². The Kier molecular flexibility index (Phi) is 6.20. The number of benzene rings is 1. The number of nitrogens with one attached hydrogen (secondary N) is 2. The highest BCUT2D eigenvalue weighted by Crippen LogP contribution is 2.13. The molecule has 1 aliphatic rings. The first-order chi connectivity index (χ1) is 10.3. The van der Waals surface area contributed by atoms with Gasteiger partial charge in [0.25, 0.3) is 0 Å². The maximum Gasteiger partial charge on any atom is 0.234 e. The zero-order valence-corrected chi connectivity index (χ0v) is 12.2. The van der Waals surface area contributed by atoms with Crippen LogP contribution in [0.2, 0.25) is 0 Å². The number of nitriles is 1. The van der Waals surface area contributed by atoms with Crippen LogP contribution in [0.15, 0.2) is 30.3 Å². The molecule has 2 rings (SSSR count). The summed E-state index contributed by atoms with van der Waals surface area (Å²) in [6.45, 7) is 3.38. The van der Waals surface area contributed by atoms with E-state index in [-0.39, 0.29) is 19.0 Å². The Hall–Kier alpha value is -1.90. The lowest BCUT2D eigenvalue weighted by Crippen LogP contribution is -2.48. The van der Waals surface area contributed by atoms with Gasteiger partial charge in [-0.05, 0) is 24.9 Å². The van der Waals surface area contributed by atoms with E-state index in [1.54, 1.807) is 0 Å². The van der Waals surface area contributed by atoms with Crippen LogP contribution in [0, 0.1) is 11.3 Å². The summed E-state index contributed by atoms with van der Waals surface area (Å²) >= 11 is 0. The van der Waals surface area contributed by atoms with Crippen molar-refractivity contribution in [3.8, 4) is 6.07 Å². The average molecular weight is 286 g/mol. The summed E-state index contributed by atoms with van der Waals surface area (Å²) < 4.78 is 0. The van der Waals surface area contributed by atoms with E-state index in [1.165, 1.54) is 5.56 Å². The van der Waals surface area contributed by atoms with Crippen LogP contribution in [0.25, 0.3) is 0 Å². The molecule has 5 nitrogen and oxygen atoms in total. The SMILES string of the molecule is N#CCNC(=O)CNC1CCCN(Cc2ccccc2)C1. The van der Waals surface area contributed by atoms with E-state index in [1.807, 2.05) is 12.1 Å². The molecule has 1 unspecified atom stereocenters. The Balaban J connectivity index is 1.73. The van der Waals surface area contributed by atoms with Gasteiger partial charge in [0.15, 0.2) is 0 Å². The number of rotatable bonds is 6. The first-order valence-corrected chi connectivity index (χ1v) is 7.41. The topological polar surface area (TPSA) is 68.2 Å². The van der Waals surface area contributed by atoms with Gasteiger partial charge >= 0.3 is 0 Å². The number of piperidine rings is 1. The predicted molar refractivity (Wildman–Crippen MR) is 81.4 cm³/mol. The van der Waals surface area contributed by atoms with Crippen molar-refractivity contribution in [1.82, 2.24) is 15.5 Å². The summed E-state index contributed by atoms with van der Waals surface area (Å²) in [5.41, 5.74) is 1.32. The van der Waals surface area contributed by atoms with Crippen molar-refractivity contribution in [1.29, 1.82) is 5.26 Å². The van der Waals surface area contributed by atoms with E-state index in [9.17, 15) is 4.79 Å². The normalized spacial score (nSPS) is 18.9. The zero-order chi connectivity index (χ0) is 14.9. The second-order valence-corrected chi connectivity index (χ2v) is 5.38. The molecule has 0 spiro atoms. The third kappa shape index (κ3) is 5.54. The van der Waals surface area contributed by atoms with E-state index >= 15 is 0 Å². The number of carbonyl (C=O) groups excluding carboxylic acids is 1. The predicted octanol–water partition coefficient (Wildman–Crippen LogP) is 0.880. The number of hydrogen-bond donors (Lipinski definition) is 2. The van der Waals surface area contributed by atoms with E-state index in [0.29, 0.717) is 6.04 Å². The van der Waals surface area contributed by atoms with Crippen LogP contribution in [-0.4, -0.2) is 43.0 Å². The Bertz CT molecular complexity index is 483. The van der Waals surface area contributed by atoms with Crippen molar-refractivity contribution < 1.29 is 4.79 Å². The molecule has 1 atom stereocenters. The van der Waals surface area contributed by atoms with E-state index < -0.39 is 0 Å². The van der Waals surface area contributed by atoms with Gasteiger partial charge in [-0.2, -0.15) is 5.26 Å². The van der Waals surface area contributed by atoms with E-state index in [0.717, 1.165) is 32.5 Å². The lowest BCUT2D eigenvalue weighted by Gasteiger charge is -2.33. The van der Waals surface area contributed by atoms with Gasteiger partial charge in [-0.15, -0.1) is 0 Å². The number of amides is 1. The van der Waals surface area contributed by atoms with Crippen molar-refractivity contribution in [2.75, 3.05) is 26.2 Å². The highest BCUT2D eigenvalue weighted by atomic mass is 16.1. The molecule has 1 saturated heterocycles. The van der Waals surface area contributed by atoms with Crippen LogP contribution in [0.1, 0.15) is 18.4 Å². The highest BCUT2D eigenvalue weighted by molar-refractivity contribution is 5.78. The van der Waals surface area contributed by atoms with Crippen LogP contribution in [0.3, 0.4) is 0 Å². The summed E-state index contributed by atoms with van der Waals surface area (Å²) in [6.07, 6.45) is 2.24. The van der Waals surface area contributed by atoms with Gasteiger partial charge in [-0.25, -0.2) is 0 Å². The molecule has 1 amide bonds. The zero-order valence-electron chi connectivity index (χ0n) is 12.2. The molecule has 1 aliphatic heterocycles. The third-order valence-electron chi connectivity index (χ3n) is 3.67. The van der Waals surface area contributed by atoms with E-state index in [2.05, 4.69) is 39.8 Å². The van der Waals surface area contributed by atoms with Crippen LogP contribution < -0.4 is 10.6 Å². The monoisotopic (exact) mass is 286 g/mol. The van der Waals surface area contributed by atoms with E-state index in [4.69, 9.17) is 5.26 Å². The smallest absolute Gasteiger partial charge is 0.234 e. The number of hydrogen-bond acceptors (Lipinski definition) is 4. The molecule has 0 radical (unpaired) electrons. The molecule has 1 aromatic carbocycles. The molecular formula is C16H22N4O. The highest BCUT2D eigenvalue weighted by Gasteiger charge is 2.20. The van der Waals surface area contributed by atoms with Gasteiger partial charge in [0.2, 0.25) is 5.91 Å². The first kappa shape index (κ1) is 15.5. The van der Waals surface area contributed by atoms with Crippen molar-refractivity contribution in [2.24, 2.45) is 0 Å². The minimum absolute atomic E-state index is 0.0747. The molecule has 1 fully saturated rings. The molecule has 2 N–H and O–H groups in total. The van der Waals surface area contributed by atoms with Gasteiger partial charge in [-0.1, -0.05) is 30.3 Å². The minimum atomic E-state index is -0.114. The van der Waals surface area contributed by atoms with Gasteiger partial charge in [0, 0.05) is 19.1 Å². The van der Waals surface area contributed by atoms with Crippen LogP contribution >= 0.6 is 0 Å². The standard InChI is InChI=1S/C16H22N4O/c17-8-9-18-16(21)11-19-15-7-4-10-20(13-15)12-14-5-2-1-3-6-14/h1-3,5-6,15,19H,4,7,9-13H2,(H,18,21). The second-order valence-electron chi connectivity index (χ2n) is 5.38. The summed E-state index contributed by atoms with van der Waals surface area (Å²) in [5.74, 6) is -0.114. The fourth-order valence-corrected chi connectivity index (χ4v) is 2.65. The lowest BCUT2D eigenvalue weighted by molar-refractivity contribution is -0.120. The average Bonchev–Trinajstić information content (AvgIpc) is 2.52. The number of carbonyl (C=O) groups is 1. The molecule has 0 bridgehead atoms. The Labute approximate surface area is 125 Å². The Morgan fingerprint density at radius 2 is 2.19 bits per heavy atom. The lowest BCUT2D eigenvalue weighted by atomic mass is 10.0. The summed E-state index contributed by atoms with van der Waals surface area (Å²) in [5, 5.41) is 14.2.